The van der Waals surface area contributed by atoms with Gasteiger partial charge in [-0.15, -0.1) is 0 Å². The molecule has 0 rings (SSSR count). The highest BCUT2D eigenvalue weighted by Crippen LogP contribution is 2.62. The highest BCUT2D eigenvalue weighted by Gasteiger charge is 2.51. The molecule has 0 saturated carbocycles. The molecule has 0 aromatic carbocycles. The minimum Gasteiger partial charge on any atom is -0.498 e. The average molecular weight is 270 g/mol. The summed E-state index contributed by atoms with van der Waals surface area (Å²) in [7, 11) is -4.47. The topological polar surface area (TPSA) is 44.8 Å². The van der Waals surface area contributed by atoms with Crippen molar-refractivity contribution in [1.29, 1.82) is 0 Å². The Bertz CT molecular complexity index is 295. The number of ether oxygens (including phenoxy) is 1. The predicted octanol–water partition coefficient (Wildman–Crippen LogP) is 3.56. The largest absolute Gasteiger partial charge is 0.498 e. The van der Waals surface area contributed by atoms with Crippen LogP contribution in [0.3, 0.4) is 0 Å². The molecule has 4 nitrogen and oxygen atoms in total. The zero-order valence-corrected chi connectivity index (χ0v) is 10.8. The fourth-order valence-corrected chi connectivity index (χ4v) is 2.34. The summed E-state index contributed by atoms with van der Waals surface area (Å²) in [5.74, 6) is 0. The molecule has 0 fully saturated rings. The highest BCUT2D eigenvalue weighted by molar-refractivity contribution is 7.55. The molecule has 17 heavy (non-hydrogen) atoms. The maximum atomic E-state index is 13.6. The van der Waals surface area contributed by atoms with Crippen molar-refractivity contribution in [3.63, 3.8) is 0 Å². The van der Waals surface area contributed by atoms with Crippen LogP contribution in [-0.4, -0.2) is 25.5 Å². The third-order valence-electron chi connectivity index (χ3n) is 1.59. The molecule has 0 radical (unpaired) electrons. The Balaban J connectivity index is 4.76. The van der Waals surface area contributed by atoms with Gasteiger partial charge in [-0.25, -0.2) is 0 Å². The van der Waals surface area contributed by atoms with Gasteiger partial charge in [0.1, 0.15) is 6.61 Å². The quantitative estimate of drug-likeness (QED) is 0.278. The van der Waals surface area contributed by atoms with E-state index in [1.165, 1.54) is 13.8 Å². The lowest BCUT2D eigenvalue weighted by Crippen LogP contribution is -2.17. The van der Waals surface area contributed by atoms with E-state index in [1.807, 2.05) is 0 Å². The van der Waals surface area contributed by atoms with Crippen LogP contribution in [0.1, 0.15) is 13.8 Å². The first-order valence-electron chi connectivity index (χ1n) is 5.10. The van der Waals surface area contributed by atoms with Crippen LogP contribution in [0.25, 0.3) is 0 Å². The monoisotopic (exact) mass is 270 g/mol. The maximum absolute atomic E-state index is 13.6. The lowest BCUT2D eigenvalue weighted by atomic mass is 10.5. The van der Waals surface area contributed by atoms with Crippen molar-refractivity contribution in [3.8, 4) is 0 Å². The van der Waals surface area contributed by atoms with Gasteiger partial charge in [-0.2, -0.15) is 8.78 Å². The van der Waals surface area contributed by atoms with Crippen molar-refractivity contribution in [2.24, 2.45) is 0 Å². The van der Waals surface area contributed by atoms with E-state index in [0.717, 1.165) is 12.3 Å². The summed E-state index contributed by atoms with van der Waals surface area (Å²) in [4.78, 5) is 0. The normalized spacial score (nSPS) is 12.9. The van der Waals surface area contributed by atoms with Gasteiger partial charge in [0.05, 0.1) is 19.5 Å². The lowest BCUT2D eigenvalue weighted by molar-refractivity contribution is 0.0787. The van der Waals surface area contributed by atoms with E-state index in [-0.39, 0.29) is 19.8 Å². The number of alkyl halides is 2. The first-order chi connectivity index (χ1) is 7.93. The van der Waals surface area contributed by atoms with Crippen LogP contribution in [0.15, 0.2) is 25.0 Å². The smallest absolute Gasteiger partial charge is 0.403 e. The van der Waals surface area contributed by atoms with E-state index >= 15 is 0 Å². The predicted molar refractivity (Wildman–Crippen MR) is 61.1 cm³/mol. The van der Waals surface area contributed by atoms with Gasteiger partial charge in [0.15, 0.2) is 0 Å². The molecule has 0 amide bonds. The van der Waals surface area contributed by atoms with E-state index in [0.29, 0.717) is 6.08 Å². The number of hydrogen-bond acceptors (Lipinski definition) is 4. The summed E-state index contributed by atoms with van der Waals surface area (Å²) >= 11 is 0. The minimum atomic E-state index is -4.47. The molecule has 0 saturated heterocycles. The summed E-state index contributed by atoms with van der Waals surface area (Å²) in [5, 5.41) is 0. The molecule has 0 unspecified atom stereocenters. The highest BCUT2D eigenvalue weighted by atomic mass is 31.2. The van der Waals surface area contributed by atoms with Gasteiger partial charge in [0.25, 0.3) is 0 Å². The first-order valence-corrected chi connectivity index (χ1v) is 6.65. The molecule has 0 aliphatic rings. The van der Waals surface area contributed by atoms with Crippen LogP contribution in [0.5, 0.6) is 0 Å². The van der Waals surface area contributed by atoms with Crippen molar-refractivity contribution < 1.29 is 27.1 Å². The summed E-state index contributed by atoms with van der Waals surface area (Å²) in [6.45, 7) is 5.86. The average Bonchev–Trinajstić information content (AvgIpc) is 2.25. The van der Waals surface area contributed by atoms with Gasteiger partial charge in [-0.3, -0.25) is 4.57 Å². The second-order valence-corrected chi connectivity index (χ2v) is 4.93. The third kappa shape index (κ3) is 4.98. The second-order valence-electron chi connectivity index (χ2n) is 2.82. The van der Waals surface area contributed by atoms with E-state index in [4.69, 9.17) is 0 Å². The molecular weight excluding hydrogens is 253 g/mol. The number of hydrogen-bond donors (Lipinski definition) is 0. The molecule has 7 heteroatoms. The van der Waals surface area contributed by atoms with Crippen LogP contribution < -0.4 is 0 Å². The summed E-state index contributed by atoms with van der Waals surface area (Å²) < 4.78 is 52.7. The zero-order chi connectivity index (χ0) is 13.4. The third-order valence-corrected chi connectivity index (χ3v) is 3.67. The molecule has 0 bridgehead atoms. The molecule has 0 heterocycles. The van der Waals surface area contributed by atoms with Gasteiger partial charge in [-0.05, 0) is 26.0 Å². The fourth-order valence-electron chi connectivity index (χ4n) is 0.954. The van der Waals surface area contributed by atoms with Gasteiger partial charge in [0.2, 0.25) is 0 Å². The Morgan fingerprint density at radius 1 is 1.29 bits per heavy atom. The molecule has 0 aliphatic carbocycles. The van der Waals surface area contributed by atoms with Crippen molar-refractivity contribution in [1.82, 2.24) is 0 Å². The van der Waals surface area contributed by atoms with Crippen LogP contribution in [-0.2, 0) is 18.3 Å². The summed E-state index contributed by atoms with van der Waals surface area (Å²) in [5.41, 5.74) is -3.68. The molecule has 0 aliphatic heterocycles. The van der Waals surface area contributed by atoms with Gasteiger partial charge in [0, 0.05) is 0 Å². The van der Waals surface area contributed by atoms with Gasteiger partial charge >= 0.3 is 13.3 Å². The molecule has 0 aromatic heterocycles. The van der Waals surface area contributed by atoms with Crippen LogP contribution in [0, 0.1) is 0 Å². The van der Waals surface area contributed by atoms with Crippen LogP contribution in [0.4, 0.5) is 8.78 Å². The van der Waals surface area contributed by atoms with Crippen molar-refractivity contribution in [2.75, 3.05) is 19.8 Å². The second kappa shape index (κ2) is 7.58. The number of halogens is 2. The summed E-state index contributed by atoms with van der Waals surface area (Å²) in [6.07, 6.45) is 2.61. The molecule has 0 N–H and O–H groups in total. The minimum absolute atomic E-state index is 0.0860. The van der Waals surface area contributed by atoms with Gasteiger partial charge in [-0.1, -0.05) is 6.58 Å². The van der Waals surface area contributed by atoms with Gasteiger partial charge < -0.3 is 13.8 Å². The number of rotatable bonds is 9. The van der Waals surface area contributed by atoms with E-state index < -0.39 is 13.3 Å². The fraction of sp³-hybridized carbons (Fsp3) is 0.600. The first kappa shape index (κ1) is 16.3. The maximum Gasteiger partial charge on any atom is 0.403 e. The Kier molecular flexibility index (Phi) is 7.27. The Hall–Kier alpha value is -0.710. The van der Waals surface area contributed by atoms with Crippen molar-refractivity contribution in [2.45, 2.75) is 19.5 Å². The SMILES string of the molecule is C=COC/C=C/C(F)(F)P(=O)(OCC)OCC. The summed E-state index contributed by atoms with van der Waals surface area (Å²) in [6, 6.07) is 0. The number of allylic oxidation sites excluding steroid dienone is 1. The van der Waals surface area contributed by atoms with E-state index in [2.05, 4.69) is 20.4 Å². The van der Waals surface area contributed by atoms with Crippen LogP contribution >= 0.6 is 7.60 Å². The van der Waals surface area contributed by atoms with Crippen molar-refractivity contribution >= 4 is 7.60 Å². The standard InChI is InChI=1S/C10H17F2O4P/c1-4-14-9-7-8-10(11,12)17(13,15-5-2)16-6-3/h4,7-8H,1,5-6,9H2,2-3H3/b8-7+. The lowest BCUT2D eigenvalue weighted by Gasteiger charge is -2.23. The molecule has 0 atom stereocenters. The van der Waals surface area contributed by atoms with Crippen molar-refractivity contribution in [3.05, 3.63) is 25.0 Å². The van der Waals surface area contributed by atoms with Crippen LogP contribution in [0.2, 0.25) is 0 Å². The zero-order valence-electron chi connectivity index (χ0n) is 9.90. The molecule has 100 valence electrons. The molecular formula is C10H17F2O4P. The molecule has 0 spiro atoms. The van der Waals surface area contributed by atoms with E-state index in [9.17, 15) is 13.3 Å². The Morgan fingerprint density at radius 2 is 1.82 bits per heavy atom. The Morgan fingerprint density at radius 3 is 2.24 bits per heavy atom. The Labute approximate surface area is 99.8 Å². The van der Waals surface area contributed by atoms with E-state index in [1.54, 1.807) is 0 Å². The molecule has 0 aromatic rings.